The molecule has 1 aromatic carbocycles. The summed E-state index contributed by atoms with van der Waals surface area (Å²) in [5, 5.41) is 7.61. The van der Waals surface area contributed by atoms with Gasteiger partial charge in [0.25, 0.3) is 0 Å². The number of carbonyl (C=O) groups excluding carboxylic acids is 1. The molecular weight excluding hydrogens is 372 g/mol. The zero-order chi connectivity index (χ0) is 20.8. The molecule has 0 bridgehead atoms. The van der Waals surface area contributed by atoms with E-state index in [1.54, 1.807) is 0 Å². The summed E-state index contributed by atoms with van der Waals surface area (Å²) in [6.07, 6.45) is 15.6. The second-order valence-electron chi connectivity index (χ2n) is 8.43. The molecule has 1 N–H and O–H groups in total. The number of hydrogen-bond acceptors (Lipinski definition) is 3. The molecule has 0 radical (unpaired) electrons. The van der Waals surface area contributed by atoms with Gasteiger partial charge in [0, 0.05) is 31.4 Å². The number of hydrogen-bond donors (Lipinski definition) is 1. The normalized spacial score (nSPS) is 17.4. The summed E-state index contributed by atoms with van der Waals surface area (Å²) in [6, 6.07) is 8.39. The van der Waals surface area contributed by atoms with Crippen molar-refractivity contribution in [2.24, 2.45) is 0 Å². The van der Waals surface area contributed by atoms with Gasteiger partial charge in [-0.25, -0.2) is 4.68 Å². The van der Waals surface area contributed by atoms with Gasteiger partial charge in [-0.1, -0.05) is 35.4 Å². The van der Waals surface area contributed by atoms with Gasteiger partial charge >= 0.3 is 0 Å². The minimum Gasteiger partial charge on any atom is -0.355 e. The van der Waals surface area contributed by atoms with Crippen molar-refractivity contribution in [1.82, 2.24) is 20.0 Å². The largest absolute Gasteiger partial charge is 0.355 e. The number of aryl methyl sites for hydroxylation is 1. The molecule has 5 nitrogen and oxygen atoms in total. The van der Waals surface area contributed by atoms with E-state index in [1.165, 1.54) is 48.0 Å². The van der Waals surface area contributed by atoms with Crippen molar-refractivity contribution in [2.75, 3.05) is 26.2 Å². The maximum Gasteiger partial charge on any atom is 0.234 e. The molecule has 30 heavy (non-hydrogen) atoms. The summed E-state index contributed by atoms with van der Waals surface area (Å²) < 4.78 is 1.93. The van der Waals surface area contributed by atoms with E-state index in [0.29, 0.717) is 6.54 Å². The number of nitrogens with zero attached hydrogens (tertiary/aromatic N) is 3. The Morgan fingerprint density at radius 1 is 1.13 bits per heavy atom. The molecule has 158 valence electrons. The minimum atomic E-state index is 0.135. The lowest BCUT2D eigenvalue weighted by Gasteiger charge is -2.25. The number of rotatable bonds is 7. The Morgan fingerprint density at radius 3 is 2.73 bits per heavy atom. The van der Waals surface area contributed by atoms with E-state index in [0.717, 1.165) is 38.2 Å². The monoisotopic (exact) mass is 404 g/mol. The molecule has 0 spiro atoms. The number of benzene rings is 1. The standard InChI is InChI=1S/C25H32N4O/c1-20-7-9-24(10-8-20)29-18-23(17-27-29)22-12-15-28(16-13-22)19-25(30)26-14-11-21-5-3-2-4-6-21/h5,7-10,12,17-18H,2-4,6,11,13-16,19H2,1H3,(H,26,30). The molecule has 0 fully saturated rings. The third-order valence-corrected chi connectivity index (χ3v) is 6.07. The van der Waals surface area contributed by atoms with Crippen LogP contribution in [0.3, 0.4) is 0 Å². The number of nitrogens with one attached hydrogen (secondary N) is 1. The van der Waals surface area contributed by atoms with Gasteiger partial charge < -0.3 is 5.32 Å². The van der Waals surface area contributed by atoms with Crippen molar-refractivity contribution in [2.45, 2.75) is 45.4 Å². The average Bonchev–Trinajstić information content (AvgIpc) is 3.26. The predicted octanol–water partition coefficient (Wildman–Crippen LogP) is 4.28. The van der Waals surface area contributed by atoms with Crippen molar-refractivity contribution in [3.63, 3.8) is 0 Å². The van der Waals surface area contributed by atoms with E-state index < -0.39 is 0 Å². The zero-order valence-corrected chi connectivity index (χ0v) is 17.9. The third-order valence-electron chi connectivity index (χ3n) is 6.07. The first-order valence-corrected chi connectivity index (χ1v) is 11.2. The smallest absolute Gasteiger partial charge is 0.234 e. The highest BCUT2D eigenvalue weighted by molar-refractivity contribution is 5.78. The van der Waals surface area contributed by atoms with Gasteiger partial charge in [-0.15, -0.1) is 0 Å². The number of aromatic nitrogens is 2. The first-order valence-electron chi connectivity index (χ1n) is 11.2. The lowest BCUT2D eigenvalue weighted by molar-refractivity contribution is -0.122. The molecule has 5 heteroatoms. The second kappa shape index (κ2) is 9.90. The molecule has 1 aromatic heterocycles. The van der Waals surface area contributed by atoms with Crippen LogP contribution in [0.4, 0.5) is 0 Å². The average molecular weight is 405 g/mol. The molecule has 2 aliphatic rings. The Labute approximate surface area is 179 Å². The van der Waals surface area contributed by atoms with Crippen LogP contribution in [-0.4, -0.2) is 46.8 Å². The third kappa shape index (κ3) is 5.48. The predicted molar refractivity (Wildman–Crippen MR) is 122 cm³/mol. The van der Waals surface area contributed by atoms with E-state index in [4.69, 9.17) is 0 Å². The minimum absolute atomic E-state index is 0.135. The number of amides is 1. The van der Waals surface area contributed by atoms with E-state index in [2.05, 4.69) is 64.9 Å². The summed E-state index contributed by atoms with van der Waals surface area (Å²) >= 11 is 0. The Kier molecular flexibility index (Phi) is 6.80. The molecule has 1 aliphatic heterocycles. The van der Waals surface area contributed by atoms with Crippen LogP contribution in [-0.2, 0) is 4.79 Å². The Hall–Kier alpha value is -2.66. The zero-order valence-electron chi connectivity index (χ0n) is 17.9. The van der Waals surface area contributed by atoms with Gasteiger partial charge in [0.15, 0.2) is 0 Å². The van der Waals surface area contributed by atoms with Gasteiger partial charge in [-0.2, -0.15) is 5.10 Å². The molecule has 1 amide bonds. The van der Waals surface area contributed by atoms with Crippen LogP contribution in [0.1, 0.15) is 49.7 Å². The summed E-state index contributed by atoms with van der Waals surface area (Å²) in [7, 11) is 0. The molecular formula is C25H32N4O. The molecule has 1 aliphatic carbocycles. The summed E-state index contributed by atoms with van der Waals surface area (Å²) in [5.41, 5.74) is 6.31. The Morgan fingerprint density at radius 2 is 2.00 bits per heavy atom. The van der Waals surface area contributed by atoms with Crippen LogP contribution in [0.2, 0.25) is 0 Å². The maximum atomic E-state index is 12.3. The highest BCUT2D eigenvalue weighted by atomic mass is 16.2. The molecule has 2 aromatic rings. The van der Waals surface area contributed by atoms with E-state index >= 15 is 0 Å². The van der Waals surface area contributed by atoms with Crippen LogP contribution < -0.4 is 5.32 Å². The lowest BCUT2D eigenvalue weighted by Crippen LogP contribution is -2.39. The van der Waals surface area contributed by atoms with Crippen LogP contribution in [0.5, 0.6) is 0 Å². The Balaban J connectivity index is 1.24. The highest BCUT2D eigenvalue weighted by Crippen LogP contribution is 2.23. The Bertz CT molecular complexity index is 923. The van der Waals surface area contributed by atoms with Crippen LogP contribution in [0.15, 0.2) is 54.4 Å². The second-order valence-corrected chi connectivity index (χ2v) is 8.43. The summed E-state index contributed by atoms with van der Waals surface area (Å²) in [6.45, 7) is 5.04. The fourth-order valence-electron chi connectivity index (χ4n) is 4.20. The van der Waals surface area contributed by atoms with Crippen molar-refractivity contribution < 1.29 is 4.79 Å². The van der Waals surface area contributed by atoms with Crippen molar-refractivity contribution in [3.05, 3.63) is 65.5 Å². The van der Waals surface area contributed by atoms with Crippen LogP contribution in [0.25, 0.3) is 11.3 Å². The van der Waals surface area contributed by atoms with Gasteiger partial charge in [0.05, 0.1) is 18.4 Å². The first-order chi connectivity index (χ1) is 14.7. The highest BCUT2D eigenvalue weighted by Gasteiger charge is 2.17. The number of allylic oxidation sites excluding steroid dienone is 1. The fourth-order valence-corrected chi connectivity index (χ4v) is 4.20. The fraction of sp³-hybridized carbons (Fsp3) is 0.440. The SMILES string of the molecule is Cc1ccc(-n2cc(C3=CCN(CC(=O)NCCC4=CCCCC4)CC3)cn2)cc1. The molecule has 0 unspecified atom stereocenters. The van der Waals surface area contributed by atoms with Gasteiger partial charge in [0.2, 0.25) is 5.91 Å². The number of carbonyl (C=O) groups is 1. The molecule has 0 saturated heterocycles. The first kappa shape index (κ1) is 20.6. The van der Waals surface area contributed by atoms with Gasteiger partial charge in [0.1, 0.15) is 0 Å². The maximum absolute atomic E-state index is 12.3. The lowest BCUT2D eigenvalue weighted by atomic mass is 9.97. The topological polar surface area (TPSA) is 50.2 Å². The molecule has 0 saturated carbocycles. The summed E-state index contributed by atoms with van der Waals surface area (Å²) in [5.74, 6) is 0.135. The quantitative estimate of drug-likeness (QED) is 0.701. The van der Waals surface area contributed by atoms with E-state index in [-0.39, 0.29) is 5.91 Å². The molecule has 4 rings (SSSR count). The van der Waals surface area contributed by atoms with E-state index in [1.807, 2.05) is 10.9 Å². The summed E-state index contributed by atoms with van der Waals surface area (Å²) in [4.78, 5) is 14.5. The van der Waals surface area contributed by atoms with Crippen LogP contribution in [0, 0.1) is 6.92 Å². The van der Waals surface area contributed by atoms with Crippen molar-refractivity contribution >= 4 is 11.5 Å². The van der Waals surface area contributed by atoms with Crippen molar-refractivity contribution in [3.8, 4) is 5.69 Å². The van der Waals surface area contributed by atoms with Crippen molar-refractivity contribution in [1.29, 1.82) is 0 Å². The van der Waals surface area contributed by atoms with Gasteiger partial charge in [-0.05, 0) is 63.2 Å². The molecule has 2 heterocycles. The van der Waals surface area contributed by atoms with E-state index in [9.17, 15) is 4.79 Å². The van der Waals surface area contributed by atoms with Crippen LogP contribution >= 0.6 is 0 Å². The van der Waals surface area contributed by atoms with Gasteiger partial charge in [-0.3, -0.25) is 9.69 Å². The molecule has 0 atom stereocenters.